The molecule has 0 aliphatic carbocycles. The van der Waals surface area contributed by atoms with Crippen molar-refractivity contribution in [3.8, 4) is 0 Å². The summed E-state index contributed by atoms with van der Waals surface area (Å²) < 4.78 is 5.30. The van der Waals surface area contributed by atoms with E-state index >= 15 is 0 Å². The average Bonchev–Trinajstić information content (AvgIpc) is 2.26. The third kappa shape index (κ3) is 7.45. The maximum atomic E-state index is 12.0. The molecule has 0 saturated carbocycles. The van der Waals surface area contributed by atoms with Gasteiger partial charge in [0.1, 0.15) is 0 Å². The lowest BCUT2D eigenvalue weighted by molar-refractivity contribution is -0.138. The van der Waals surface area contributed by atoms with E-state index in [1.807, 2.05) is 20.8 Å². The van der Waals surface area contributed by atoms with Crippen LogP contribution in [0.2, 0.25) is 0 Å². The third-order valence-corrected chi connectivity index (χ3v) is 3.08. The molecule has 1 aliphatic rings. The molecule has 2 unspecified atom stereocenters. The average molecular weight is 286 g/mol. The Hall–Kier alpha value is -1.14. The molecule has 20 heavy (non-hydrogen) atoms. The highest BCUT2D eigenvalue weighted by Gasteiger charge is 2.24. The number of morpholine rings is 1. The van der Waals surface area contributed by atoms with Crippen molar-refractivity contribution < 1.29 is 19.4 Å². The van der Waals surface area contributed by atoms with Gasteiger partial charge in [-0.2, -0.15) is 0 Å². The normalized spacial score (nSPS) is 21.2. The number of amides is 1. The van der Waals surface area contributed by atoms with Crippen LogP contribution < -0.4 is 10.6 Å². The van der Waals surface area contributed by atoms with Gasteiger partial charge in [-0.3, -0.25) is 9.59 Å². The standard InChI is InChI=1S/C14H26N2O4/c1-14(2,3)8-10(7-13(18)19)16-12(17)6-11-9-20-5-4-15-11/h10-11,15H,4-9H2,1-3H3,(H,16,17)(H,18,19). The van der Waals surface area contributed by atoms with Gasteiger partial charge in [0.2, 0.25) is 5.91 Å². The van der Waals surface area contributed by atoms with Gasteiger partial charge < -0.3 is 20.5 Å². The Morgan fingerprint density at radius 3 is 2.65 bits per heavy atom. The van der Waals surface area contributed by atoms with Crippen molar-refractivity contribution in [2.75, 3.05) is 19.8 Å². The fraction of sp³-hybridized carbons (Fsp3) is 0.857. The molecule has 0 radical (unpaired) electrons. The summed E-state index contributed by atoms with van der Waals surface area (Å²) in [7, 11) is 0. The van der Waals surface area contributed by atoms with Gasteiger partial charge in [0.25, 0.3) is 0 Å². The minimum absolute atomic E-state index is 0.0175. The molecular weight excluding hydrogens is 260 g/mol. The summed E-state index contributed by atoms with van der Waals surface area (Å²) in [6.45, 7) is 8.04. The van der Waals surface area contributed by atoms with E-state index in [2.05, 4.69) is 10.6 Å². The number of ether oxygens (including phenoxy) is 1. The molecule has 0 aromatic rings. The zero-order valence-electron chi connectivity index (χ0n) is 12.6. The van der Waals surface area contributed by atoms with E-state index in [4.69, 9.17) is 9.84 Å². The minimum atomic E-state index is -0.890. The third-order valence-electron chi connectivity index (χ3n) is 3.08. The molecule has 6 heteroatoms. The molecule has 3 N–H and O–H groups in total. The van der Waals surface area contributed by atoms with E-state index in [9.17, 15) is 9.59 Å². The molecule has 1 rings (SSSR count). The summed E-state index contributed by atoms with van der Waals surface area (Å²) in [5, 5.41) is 15.0. The highest BCUT2D eigenvalue weighted by molar-refractivity contribution is 5.78. The SMILES string of the molecule is CC(C)(C)CC(CC(=O)O)NC(=O)CC1COCCN1. The lowest BCUT2D eigenvalue weighted by atomic mass is 9.87. The number of nitrogens with one attached hydrogen (secondary N) is 2. The minimum Gasteiger partial charge on any atom is -0.481 e. The lowest BCUT2D eigenvalue weighted by Crippen LogP contribution is -2.46. The van der Waals surface area contributed by atoms with Crippen LogP contribution in [0.3, 0.4) is 0 Å². The molecule has 1 saturated heterocycles. The summed E-state index contributed by atoms with van der Waals surface area (Å²) in [5.74, 6) is -1.01. The number of hydrogen-bond donors (Lipinski definition) is 3. The van der Waals surface area contributed by atoms with Gasteiger partial charge in [0.05, 0.1) is 19.6 Å². The number of aliphatic carboxylic acids is 1. The van der Waals surface area contributed by atoms with Crippen molar-refractivity contribution in [3.63, 3.8) is 0 Å². The first-order chi connectivity index (χ1) is 9.26. The van der Waals surface area contributed by atoms with Gasteiger partial charge in [-0.05, 0) is 11.8 Å². The van der Waals surface area contributed by atoms with Crippen molar-refractivity contribution in [1.82, 2.24) is 10.6 Å². The van der Waals surface area contributed by atoms with Crippen LogP contribution in [0.5, 0.6) is 0 Å². The van der Waals surface area contributed by atoms with Crippen LogP contribution in [-0.2, 0) is 14.3 Å². The number of hydrogen-bond acceptors (Lipinski definition) is 4. The molecule has 116 valence electrons. The quantitative estimate of drug-likeness (QED) is 0.671. The van der Waals surface area contributed by atoms with E-state index in [1.54, 1.807) is 0 Å². The number of carbonyl (C=O) groups excluding carboxylic acids is 1. The fourth-order valence-corrected chi connectivity index (χ4v) is 2.39. The second-order valence-corrected chi connectivity index (χ2v) is 6.56. The van der Waals surface area contributed by atoms with E-state index in [0.29, 0.717) is 26.1 Å². The van der Waals surface area contributed by atoms with Gasteiger partial charge in [0, 0.05) is 25.0 Å². The Balaban J connectivity index is 2.45. The molecule has 2 atom stereocenters. The number of carboxylic acids is 1. The summed E-state index contributed by atoms with van der Waals surface area (Å²) in [6.07, 6.45) is 0.914. The molecule has 1 heterocycles. The van der Waals surface area contributed by atoms with Crippen molar-refractivity contribution in [3.05, 3.63) is 0 Å². The van der Waals surface area contributed by atoms with Crippen LogP contribution in [0.1, 0.15) is 40.0 Å². The molecule has 0 aromatic carbocycles. The summed E-state index contributed by atoms with van der Waals surface area (Å²) in [6, 6.07) is -0.312. The zero-order valence-corrected chi connectivity index (χ0v) is 12.6. The van der Waals surface area contributed by atoms with Crippen LogP contribution in [0.25, 0.3) is 0 Å². The van der Waals surface area contributed by atoms with E-state index in [1.165, 1.54) is 0 Å². The van der Waals surface area contributed by atoms with Crippen LogP contribution in [0, 0.1) is 5.41 Å². The first kappa shape index (κ1) is 16.9. The smallest absolute Gasteiger partial charge is 0.305 e. The summed E-state index contributed by atoms with van der Waals surface area (Å²) in [5.41, 5.74) is -0.0282. The van der Waals surface area contributed by atoms with Crippen molar-refractivity contribution in [2.45, 2.75) is 52.1 Å². The number of carboxylic acid groups (broad SMARTS) is 1. The topological polar surface area (TPSA) is 87.7 Å². The monoisotopic (exact) mass is 286 g/mol. The van der Waals surface area contributed by atoms with Gasteiger partial charge in [-0.15, -0.1) is 0 Å². The molecule has 1 aliphatic heterocycles. The summed E-state index contributed by atoms with van der Waals surface area (Å²) in [4.78, 5) is 22.9. The molecule has 6 nitrogen and oxygen atoms in total. The second-order valence-electron chi connectivity index (χ2n) is 6.56. The Morgan fingerprint density at radius 2 is 2.15 bits per heavy atom. The maximum absolute atomic E-state index is 12.0. The van der Waals surface area contributed by atoms with Crippen molar-refractivity contribution in [2.24, 2.45) is 5.41 Å². The van der Waals surface area contributed by atoms with Crippen LogP contribution in [0.4, 0.5) is 0 Å². The summed E-state index contributed by atoms with van der Waals surface area (Å²) >= 11 is 0. The number of carbonyl (C=O) groups is 2. The van der Waals surface area contributed by atoms with Gasteiger partial charge in [-0.1, -0.05) is 20.8 Å². The highest BCUT2D eigenvalue weighted by atomic mass is 16.5. The van der Waals surface area contributed by atoms with Crippen LogP contribution in [-0.4, -0.2) is 48.8 Å². The maximum Gasteiger partial charge on any atom is 0.305 e. The van der Waals surface area contributed by atoms with Gasteiger partial charge in [0.15, 0.2) is 0 Å². The van der Waals surface area contributed by atoms with Crippen LogP contribution >= 0.6 is 0 Å². The predicted molar refractivity (Wildman–Crippen MR) is 75.5 cm³/mol. The number of rotatable bonds is 6. The van der Waals surface area contributed by atoms with Gasteiger partial charge in [-0.25, -0.2) is 0 Å². The van der Waals surface area contributed by atoms with E-state index < -0.39 is 5.97 Å². The molecule has 0 aromatic heterocycles. The lowest BCUT2D eigenvalue weighted by Gasteiger charge is -2.27. The van der Waals surface area contributed by atoms with E-state index in [-0.39, 0.29) is 29.8 Å². The predicted octanol–water partition coefficient (Wildman–Crippen LogP) is 0.761. The highest BCUT2D eigenvalue weighted by Crippen LogP contribution is 2.22. The Labute approximate surface area is 120 Å². The Bertz CT molecular complexity index is 333. The first-order valence-corrected chi connectivity index (χ1v) is 7.08. The molecule has 1 amide bonds. The molecule has 0 spiro atoms. The zero-order chi connectivity index (χ0) is 15.2. The van der Waals surface area contributed by atoms with Gasteiger partial charge >= 0.3 is 5.97 Å². The molecular formula is C14H26N2O4. The molecule has 0 bridgehead atoms. The molecule has 1 fully saturated rings. The van der Waals surface area contributed by atoms with Crippen molar-refractivity contribution >= 4 is 11.9 Å². The largest absolute Gasteiger partial charge is 0.481 e. The fourth-order valence-electron chi connectivity index (χ4n) is 2.39. The Kier molecular flexibility index (Phi) is 6.42. The Morgan fingerprint density at radius 1 is 1.45 bits per heavy atom. The van der Waals surface area contributed by atoms with Crippen LogP contribution in [0.15, 0.2) is 0 Å². The second kappa shape index (κ2) is 7.59. The van der Waals surface area contributed by atoms with Crippen molar-refractivity contribution in [1.29, 1.82) is 0 Å². The first-order valence-electron chi connectivity index (χ1n) is 7.08. The van der Waals surface area contributed by atoms with E-state index in [0.717, 1.165) is 6.54 Å².